The number of nitrogens with zero attached hydrogens (tertiary/aromatic N) is 1. The van der Waals surface area contributed by atoms with Crippen molar-refractivity contribution in [3.8, 4) is 5.75 Å². The first-order valence-corrected chi connectivity index (χ1v) is 11.1. The number of carbonyl (C=O) groups is 1. The van der Waals surface area contributed by atoms with Crippen LogP contribution in [0.25, 0.3) is 0 Å². The second-order valence-corrected chi connectivity index (χ2v) is 8.84. The summed E-state index contributed by atoms with van der Waals surface area (Å²) in [6.07, 6.45) is 1.65. The summed E-state index contributed by atoms with van der Waals surface area (Å²) in [7, 11) is -2.18. The summed E-state index contributed by atoms with van der Waals surface area (Å²) in [5.41, 5.74) is 1.05. The molecule has 0 aromatic heterocycles. The van der Waals surface area contributed by atoms with Crippen LogP contribution in [-0.4, -0.2) is 34.2 Å². The standard InChI is InChI=1S/C19H22Cl2N2O4S/c1-4-16(13-8-10-14(27-2)11-9-13)22-18(24)12-23(28(3,25)26)17-7-5-6-15(20)19(17)21/h5-11,16H,4,12H2,1-3H3,(H,22,24). The van der Waals surface area contributed by atoms with Crippen LogP contribution < -0.4 is 14.4 Å². The highest BCUT2D eigenvalue weighted by atomic mass is 35.5. The van der Waals surface area contributed by atoms with Gasteiger partial charge in [-0.25, -0.2) is 8.42 Å². The minimum Gasteiger partial charge on any atom is -0.497 e. The average Bonchev–Trinajstić information content (AvgIpc) is 2.66. The van der Waals surface area contributed by atoms with Crippen molar-refractivity contribution >= 4 is 44.8 Å². The Hall–Kier alpha value is -1.96. The molecule has 28 heavy (non-hydrogen) atoms. The first-order valence-electron chi connectivity index (χ1n) is 8.52. The molecule has 0 saturated heterocycles. The van der Waals surface area contributed by atoms with Crippen molar-refractivity contribution in [1.82, 2.24) is 5.32 Å². The van der Waals surface area contributed by atoms with Gasteiger partial charge in [-0.2, -0.15) is 0 Å². The van der Waals surface area contributed by atoms with Crippen molar-refractivity contribution in [3.05, 3.63) is 58.1 Å². The van der Waals surface area contributed by atoms with Crippen molar-refractivity contribution in [3.63, 3.8) is 0 Å². The van der Waals surface area contributed by atoms with Crippen molar-refractivity contribution < 1.29 is 17.9 Å². The molecule has 0 aliphatic rings. The van der Waals surface area contributed by atoms with Gasteiger partial charge in [0.15, 0.2) is 0 Å². The van der Waals surface area contributed by atoms with E-state index >= 15 is 0 Å². The molecule has 1 N–H and O–H groups in total. The summed E-state index contributed by atoms with van der Waals surface area (Å²) < 4.78 is 30.6. The predicted molar refractivity (Wildman–Crippen MR) is 113 cm³/mol. The van der Waals surface area contributed by atoms with Crippen LogP contribution in [0.2, 0.25) is 10.0 Å². The summed E-state index contributed by atoms with van der Waals surface area (Å²) in [6, 6.07) is 11.7. The quantitative estimate of drug-likeness (QED) is 0.666. The van der Waals surface area contributed by atoms with Crippen LogP contribution in [0.4, 0.5) is 5.69 Å². The molecule has 0 aliphatic carbocycles. The van der Waals surface area contributed by atoms with Gasteiger partial charge in [-0.1, -0.05) is 48.3 Å². The van der Waals surface area contributed by atoms with Crippen LogP contribution in [-0.2, 0) is 14.8 Å². The smallest absolute Gasteiger partial charge is 0.241 e. The number of halogens is 2. The Bertz CT molecular complexity index is 933. The van der Waals surface area contributed by atoms with Gasteiger partial charge in [-0.3, -0.25) is 9.10 Å². The Kier molecular flexibility index (Phi) is 7.57. The molecule has 0 radical (unpaired) electrons. The van der Waals surface area contributed by atoms with Gasteiger partial charge >= 0.3 is 0 Å². The molecule has 2 aromatic carbocycles. The number of sulfonamides is 1. The Balaban J connectivity index is 2.22. The zero-order valence-electron chi connectivity index (χ0n) is 15.8. The Labute approximate surface area is 175 Å². The summed E-state index contributed by atoms with van der Waals surface area (Å²) in [6.45, 7) is 1.52. The topological polar surface area (TPSA) is 75.7 Å². The Morgan fingerprint density at radius 2 is 1.82 bits per heavy atom. The number of nitrogens with one attached hydrogen (secondary N) is 1. The van der Waals surface area contributed by atoms with E-state index in [4.69, 9.17) is 27.9 Å². The molecule has 0 saturated carbocycles. The molecule has 0 bridgehead atoms. The fourth-order valence-corrected chi connectivity index (χ4v) is 4.00. The van der Waals surface area contributed by atoms with Crippen molar-refractivity contribution in [1.29, 1.82) is 0 Å². The molecule has 0 heterocycles. The number of hydrogen-bond donors (Lipinski definition) is 1. The lowest BCUT2D eigenvalue weighted by molar-refractivity contribution is -0.120. The van der Waals surface area contributed by atoms with Gasteiger partial charge in [-0.15, -0.1) is 0 Å². The zero-order valence-corrected chi connectivity index (χ0v) is 18.1. The summed E-state index contributed by atoms with van der Waals surface area (Å²) in [5.74, 6) is 0.257. The van der Waals surface area contributed by atoms with Crippen molar-refractivity contribution in [2.24, 2.45) is 0 Å². The average molecular weight is 445 g/mol. The molecule has 0 fully saturated rings. The van der Waals surface area contributed by atoms with Crippen molar-refractivity contribution in [2.45, 2.75) is 19.4 Å². The van der Waals surface area contributed by atoms with Gasteiger partial charge < -0.3 is 10.1 Å². The summed E-state index contributed by atoms with van der Waals surface area (Å²) in [5, 5.41) is 3.15. The highest BCUT2D eigenvalue weighted by Gasteiger charge is 2.25. The molecule has 0 spiro atoms. The zero-order chi connectivity index (χ0) is 20.9. The maximum absolute atomic E-state index is 12.6. The van der Waals surface area contributed by atoms with Crippen LogP contribution in [0.1, 0.15) is 24.9 Å². The third kappa shape index (κ3) is 5.53. The number of benzene rings is 2. The molecule has 1 unspecified atom stereocenters. The second-order valence-electron chi connectivity index (χ2n) is 6.14. The van der Waals surface area contributed by atoms with E-state index in [1.165, 1.54) is 6.07 Å². The van der Waals surface area contributed by atoms with E-state index < -0.39 is 22.5 Å². The van der Waals surface area contributed by atoms with Crippen LogP contribution in [0.5, 0.6) is 5.75 Å². The third-order valence-electron chi connectivity index (χ3n) is 4.15. The number of hydrogen-bond acceptors (Lipinski definition) is 4. The first-order chi connectivity index (χ1) is 13.2. The van der Waals surface area contributed by atoms with E-state index in [0.29, 0.717) is 12.2 Å². The number of methoxy groups -OCH3 is 1. The van der Waals surface area contributed by atoms with Crippen LogP contribution in [0.3, 0.4) is 0 Å². The molecule has 0 aliphatic heterocycles. The fourth-order valence-electron chi connectivity index (χ4n) is 2.69. The number of ether oxygens (including phenoxy) is 1. The fraction of sp³-hybridized carbons (Fsp3) is 0.316. The van der Waals surface area contributed by atoms with Crippen LogP contribution in [0.15, 0.2) is 42.5 Å². The number of anilines is 1. The molecule has 1 amide bonds. The van der Waals surface area contributed by atoms with E-state index in [1.54, 1.807) is 31.4 Å². The van der Waals surface area contributed by atoms with E-state index in [1.807, 2.05) is 19.1 Å². The largest absolute Gasteiger partial charge is 0.497 e. The molecule has 152 valence electrons. The number of carbonyl (C=O) groups excluding carboxylic acids is 1. The van der Waals surface area contributed by atoms with Gasteiger partial charge in [0.1, 0.15) is 12.3 Å². The maximum Gasteiger partial charge on any atom is 0.241 e. The van der Waals surface area contributed by atoms with E-state index in [-0.39, 0.29) is 21.8 Å². The van der Waals surface area contributed by atoms with E-state index in [2.05, 4.69) is 5.32 Å². The molecule has 1 atom stereocenters. The first kappa shape index (κ1) is 22.3. The number of rotatable bonds is 8. The highest BCUT2D eigenvalue weighted by molar-refractivity contribution is 7.92. The van der Waals surface area contributed by atoms with Gasteiger partial charge in [0.05, 0.1) is 35.1 Å². The molecule has 2 aromatic rings. The monoisotopic (exact) mass is 444 g/mol. The Morgan fingerprint density at radius 1 is 1.18 bits per heavy atom. The third-order valence-corrected chi connectivity index (χ3v) is 6.08. The van der Waals surface area contributed by atoms with Gasteiger partial charge in [0, 0.05) is 0 Å². The molecular formula is C19H22Cl2N2O4S. The van der Waals surface area contributed by atoms with Gasteiger partial charge in [0.2, 0.25) is 15.9 Å². The van der Waals surface area contributed by atoms with Crippen molar-refractivity contribution in [2.75, 3.05) is 24.2 Å². The molecule has 6 nitrogen and oxygen atoms in total. The normalized spacial score (nSPS) is 12.3. The lowest BCUT2D eigenvalue weighted by Gasteiger charge is -2.25. The molecule has 2 rings (SSSR count). The highest BCUT2D eigenvalue weighted by Crippen LogP contribution is 2.33. The van der Waals surface area contributed by atoms with Crippen LogP contribution in [0, 0.1) is 0 Å². The predicted octanol–water partition coefficient (Wildman–Crippen LogP) is 4.04. The van der Waals surface area contributed by atoms with E-state index in [9.17, 15) is 13.2 Å². The van der Waals surface area contributed by atoms with Gasteiger partial charge in [0.25, 0.3) is 0 Å². The number of amides is 1. The van der Waals surface area contributed by atoms with Crippen LogP contribution >= 0.6 is 23.2 Å². The lowest BCUT2D eigenvalue weighted by Crippen LogP contribution is -2.41. The van der Waals surface area contributed by atoms with Gasteiger partial charge in [-0.05, 0) is 36.2 Å². The summed E-state index contributed by atoms with van der Waals surface area (Å²) in [4.78, 5) is 12.6. The SMILES string of the molecule is CCC(NC(=O)CN(c1cccc(Cl)c1Cl)S(C)(=O)=O)c1ccc(OC)cc1. The maximum atomic E-state index is 12.6. The lowest BCUT2D eigenvalue weighted by atomic mass is 10.0. The molecule has 9 heteroatoms. The minimum absolute atomic E-state index is 0.0737. The Morgan fingerprint density at radius 3 is 2.36 bits per heavy atom. The minimum atomic E-state index is -3.76. The summed E-state index contributed by atoms with van der Waals surface area (Å²) >= 11 is 12.1. The van der Waals surface area contributed by atoms with E-state index in [0.717, 1.165) is 16.1 Å². The second kappa shape index (κ2) is 9.49. The molecular weight excluding hydrogens is 423 g/mol.